The van der Waals surface area contributed by atoms with Crippen LogP contribution >= 0.6 is 23.1 Å². The van der Waals surface area contributed by atoms with Gasteiger partial charge in [-0.1, -0.05) is 158 Å². The molecule has 0 aliphatic rings. The van der Waals surface area contributed by atoms with E-state index in [4.69, 9.17) is 0 Å². The van der Waals surface area contributed by atoms with Crippen molar-refractivity contribution in [3.05, 3.63) is 182 Å². The molecular weight excluding hydrogens is 573 g/mol. The molecule has 43 heavy (non-hydrogen) atoms. The summed E-state index contributed by atoms with van der Waals surface area (Å²) in [4.78, 5) is 0. The summed E-state index contributed by atoms with van der Waals surface area (Å²) in [5, 5.41) is 9.32. The second-order valence-electron chi connectivity index (χ2n) is 10.9. The molecule has 0 nitrogen and oxygen atoms in total. The lowest BCUT2D eigenvalue weighted by Gasteiger charge is -2.38. The van der Waals surface area contributed by atoms with E-state index in [-0.39, 0.29) is 0 Å². The molecule has 0 saturated carbocycles. The highest BCUT2D eigenvalue weighted by atomic mass is 31.2. The molecule has 6 aromatic carbocycles. The number of hydrogen-bond acceptors (Lipinski definition) is 0. The molecule has 0 bridgehead atoms. The molecule has 6 rings (SSSR count). The van der Waals surface area contributed by atoms with Crippen molar-refractivity contribution in [3.8, 4) is 0 Å². The summed E-state index contributed by atoms with van der Waals surface area (Å²) in [6.07, 6.45) is 2.31. The van der Waals surface area contributed by atoms with E-state index < -0.39 is 23.1 Å². The van der Waals surface area contributed by atoms with Gasteiger partial charge < -0.3 is 0 Å². The van der Waals surface area contributed by atoms with Crippen molar-refractivity contribution in [2.75, 3.05) is 12.8 Å². The zero-order chi connectivity index (χ0) is 29.3. The first kappa shape index (κ1) is 29.7. The zero-order valence-electron chi connectivity index (χ0n) is 24.7. The molecule has 1 unspecified atom stereocenters. The Bertz CT molecular complexity index is 1540. The van der Waals surface area contributed by atoms with E-state index in [1.807, 2.05) is 0 Å². The van der Waals surface area contributed by atoms with E-state index in [1.54, 1.807) is 0 Å². The van der Waals surface area contributed by atoms with Crippen LogP contribution in [-0.4, -0.2) is 18.2 Å². The Kier molecular flexibility index (Phi) is 9.93. The molecule has 0 spiro atoms. The lowest BCUT2D eigenvalue weighted by Crippen LogP contribution is -2.35. The molecule has 0 amide bonds. The summed E-state index contributed by atoms with van der Waals surface area (Å²) < 4.78 is 0. The van der Waals surface area contributed by atoms with Crippen LogP contribution in [0.5, 0.6) is 0 Å². The highest BCUT2D eigenvalue weighted by Gasteiger charge is 2.50. The third kappa shape index (κ3) is 6.74. The Morgan fingerprint density at radius 1 is 0.419 bits per heavy atom. The van der Waals surface area contributed by atoms with Gasteiger partial charge >= 0.3 is 0 Å². The zero-order valence-corrected chi connectivity index (χ0v) is 27.3. The van der Waals surface area contributed by atoms with Crippen molar-refractivity contribution in [1.82, 2.24) is 0 Å². The number of rotatable bonds is 11. The monoisotopic (exact) mass is 611 g/mol. The van der Waals surface area contributed by atoms with E-state index in [9.17, 15) is 0 Å². The normalized spacial score (nSPS) is 12.3. The summed E-state index contributed by atoms with van der Waals surface area (Å²) in [7, 11) is -3.03. The first-order valence-electron chi connectivity index (χ1n) is 15.0. The van der Waals surface area contributed by atoms with Gasteiger partial charge in [-0.05, 0) is 73.9 Å². The molecule has 0 fully saturated rings. The molecule has 0 aliphatic heterocycles. The standard InChI is InChI=1S/C40H38P3/c1-43(38-28-16-6-17-29-38,39-30-18-7-19-31-39)40(42(36-24-12-4-13-25-36)37-26-14-5-15-27-37)32-33-41(34-20-8-2-9-21-34)35-22-10-3-11-23-35/h2-31,40H,32-33H2,1H3/q+1. The van der Waals surface area contributed by atoms with Crippen LogP contribution < -0.4 is 31.8 Å². The molecule has 0 aliphatic carbocycles. The van der Waals surface area contributed by atoms with Gasteiger partial charge in [0.05, 0.1) is 24.5 Å². The van der Waals surface area contributed by atoms with Crippen LogP contribution in [-0.2, 0) is 0 Å². The maximum atomic E-state index is 2.62. The summed E-state index contributed by atoms with van der Waals surface area (Å²) in [6.45, 7) is 2.62. The molecule has 1 atom stereocenters. The van der Waals surface area contributed by atoms with Gasteiger partial charge in [-0.15, -0.1) is 0 Å². The van der Waals surface area contributed by atoms with Gasteiger partial charge in [0, 0.05) is 0 Å². The summed E-state index contributed by atoms with van der Waals surface area (Å²) in [5.41, 5.74) is 0. The van der Waals surface area contributed by atoms with Gasteiger partial charge in [0.15, 0.2) is 0 Å². The third-order valence-electron chi connectivity index (χ3n) is 8.29. The molecule has 6 aromatic rings. The van der Waals surface area contributed by atoms with Gasteiger partial charge in [-0.25, -0.2) is 0 Å². The largest absolute Gasteiger partial charge is 0.105 e. The Hall–Kier alpha value is -3.39. The number of hydrogen-bond donors (Lipinski definition) is 0. The molecule has 212 valence electrons. The third-order valence-corrected chi connectivity index (χ3v) is 19.7. The van der Waals surface area contributed by atoms with Gasteiger partial charge in [0.2, 0.25) is 0 Å². The summed E-state index contributed by atoms with van der Waals surface area (Å²) in [6, 6.07) is 68.1. The Balaban J connectivity index is 1.54. The van der Waals surface area contributed by atoms with Crippen LogP contribution in [0.2, 0.25) is 0 Å². The van der Waals surface area contributed by atoms with E-state index in [2.05, 4.69) is 189 Å². The van der Waals surface area contributed by atoms with E-state index in [0.29, 0.717) is 5.40 Å². The quantitative estimate of drug-likeness (QED) is 0.129. The van der Waals surface area contributed by atoms with Crippen molar-refractivity contribution in [2.45, 2.75) is 11.8 Å². The SMILES string of the molecule is C[P+](c1ccccc1)(c1ccccc1)C(CCP(c1ccccc1)c1ccccc1)P(c1ccccc1)c1ccccc1. The minimum atomic E-state index is -1.87. The minimum absolute atomic E-state index is 0.467. The van der Waals surface area contributed by atoms with E-state index in [1.165, 1.54) is 31.8 Å². The van der Waals surface area contributed by atoms with Crippen LogP contribution in [0.15, 0.2) is 182 Å². The van der Waals surface area contributed by atoms with Crippen molar-refractivity contribution >= 4 is 54.9 Å². The molecule has 0 heterocycles. The van der Waals surface area contributed by atoms with Gasteiger partial charge in [0.1, 0.15) is 5.40 Å². The molecule has 3 heteroatoms. The first-order valence-corrected chi connectivity index (χ1v) is 20.2. The van der Waals surface area contributed by atoms with E-state index >= 15 is 0 Å². The lowest BCUT2D eigenvalue weighted by atomic mass is 10.4. The molecule has 0 aromatic heterocycles. The average molecular weight is 612 g/mol. The molecular formula is C40H38P3+. The minimum Gasteiger partial charge on any atom is -0.0622 e. The van der Waals surface area contributed by atoms with Gasteiger partial charge in [-0.3, -0.25) is 0 Å². The van der Waals surface area contributed by atoms with Crippen LogP contribution in [0.25, 0.3) is 0 Å². The second-order valence-corrected chi connectivity index (χ2v) is 19.8. The fourth-order valence-electron chi connectivity index (χ4n) is 6.12. The summed E-state index contributed by atoms with van der Waals surface area (Å²) >= 11 is 0. The highest BCUT2D eigenvalue weighted by Crippen LogP contribution is 2.69. The predicted octanol–water partition coefficient (Wildman–Crippen LogP) is 8.27. The maximum Gasteiger partial charge on any atom is 0.105 e. The lowest BCUT2D eigenvalue weighted by molar-refractivity contribution is 1.05. The fraction of sp³-hybridized carbons (Fsp3) is 0.100. The van der Waals surface area contributed by atoms with Crippen molar-refractivity contribution in [2.24, 2.45) is 0 Å². The van der Waals surface area contributed by atoms with Gasteiger partial charge in [-0.2, -0.15) is 0 Å². The smallest absolute Gasteiger partial charge is 0.0622 e. The Morgan fingerprint density at radius 2 is 0.721 bits per heavy atom. The Labute approximate surface area is 260 Å². The highest BCUT2D eigenvalue weighted by molar-refractivity contribution is 7.99. The molecule has 0 radical (unpaired) electrons. The van der Waals surface area contributed by atoms with Gasteiger partial charge in [0.25, 0.3) is 0 Å². The van der Waals surface area contributed by atoms with Crippen LogP contribution in [0.1, 0.15) is 6.42 Å². The van der Waals surface area contributed by atoms with Crippen LogP contribution in [0, 0.1) is 0 Å². The maximum absolute atomic E-state index is 2.62. The van der Waals surface area contributed by atoms with Crippen molar-refractivity contribution in [1.29, 1.82) is 0 Å². The summed E-state index contributed by atoms with van der Waals surface area (Å²) in [5.74, 6) is 0. The Morgan fingerprint density at radius 3 is 1.07 bits per heavy atom. The van der Waals surface area contributed by atoms with Crippen LogP contribution in [0.3, 0.4) is 0 Å². The fourth-order valence-corrected chi connectivity index (χ4v) is 18.0. The first-order chi connectivity index (χ1) is 21.2. The van der Waals surface area contributed by atoms with Crippen molar-refractivity contribution in [3.63, 3.8) is 0 Å². The van der Waals surface area contributed by atoms with Crippen LogP contribution in [0.4, 0.5) is 0 Å². The molecule has 0 saturated heterocycles. The second kappa shape index (κ2) is 14.4. The topological polar surface area (TPSA) is 0 Å². The van der Waals surface area contributed by atoms with Crippen molar-refractivity contribution < 1.29 is 0 Å². The molecule has 0 N–H and O–H groups in total. The number of benzene rings is 6. The average Bonchev–Trinajstić information content (AvgIpc) is 3.10. The predicted molar refractivity (Wildman–Crippen MR) is 196 cm³/mol. The van der Waals surface area contributed by atoms with E-state index in [0.717, 1.165) is 12.6 Å².